The van der Waals surface area contributed by atoms with Crippen LogP contribution < -0.4 is 10.6 Å². The maximum atomic E-state index is 4.92. The molecule has 0 aromatic carbocycles. The average molecular weight is 274 g/mol. The predicted molar refractivity (Wildman–Crippen MR) is 65.2 cm³/mol. The zero-order valence-electron chi connectivity index (χ0n) is 8.79. The fraction of sp³-hybridized carbons (Fsp3) is 0.500. The van der Waals surface area contributed by atoms with Crippen LogP contribution in [0.2, 0.25) is 0 Å². The van der Waals surface area contributed by atoms with Gasteiger partial charge in [0.2, 0.25) is 0 Å². The van der Waals surface area contributed by atoms with E-state index in [9.17, 15) is 0 Å². The van der Waals surface area contributed by atoms with E-state index in [-0.39, 0.29) is 0 Å². The van der Waals surface area contributed by atoms with Crippen LogP contribution in [-0.4, -0.2) is 38.3 Å². The van der Waals surface area contributed by atoms with Crippen molar-refractivity contribution in [2.45, 2.75) is 0 Å². The van der Waals surface area contributed by atoms with Crippen LogP contribution in [0.4, 0.5) is 5.69 Å². The van der Waals surface area contributed by atoms with E-state index >= 15 is 0 Å². The molecule has 1 aromatic rings. The summed E-state index contributed by atoms with van der Waals surface area (Å²) in [5.74, 6) is 0. The zero-order chi connectivity index (χ0) is 10.9. The van der Waals surface area contributed by atoms with Crippen molar-refractivity contribution in [1.82, 2.24) is 10.3 Å². The molecule has 0 aliphatic heterocycles. The average Bonchev–Trinajstić information content (AvgIpc) is 2.23. The van der Waals surface area contributed by atoms with Crippen LogP contribution in [0.15, 0.2) is 22.9 Å². The van der Waals surface area contributed by atoms with E-state index in [1.807, 2.05) is 6.07 Å². The maximum absolute atomic E-state index is 4.92. The molecule has 0 radical (unpaired) electrons. The number of hydrogen-bond acceptors (Lipinski definition) is 4. The summed E-state index contributed by atoms with van der Waals surface area (Å²) in [4.78, 5) is 4.06. The second kappa shape index (κ2) is 7.62. The Morgan fingerprint density at radius 2 is 2.20 bits per heavy atom. The lowest BCUT2D eigenvalue weighted by molar-refractivity contribution is 0.200. The highest BCUT2D eigenvalue weighted by molar-refractivity contribution is 9.10. The summed E-state index contributed by atoms with van der Waals surface area (Å²) < 4.78 is 5.91. The van der Waals surface area contributed by atoms with E-state index in [1.165, 1.54) is 0 Å². The van der Waals surface area contributed by atoms with Crippen molar-refractivity contribution in [3.8, 4) is 0 Å². The Labute approximate surface area is 98.6 Å². The van der Waals surface area contributed by atoms with Gasteiger partial charge >= 0.3 is 0 Å². The molecule has 1 heterocycles. The van der Waals surface area contributed by atoms with Gasteiger partial charge in [-0.15, -0.1) is 0 Å². The zero-order valence-corrected chi connectivity index (χ0v) is 10.4. The Hall–Kier alpha value is -0.650. The summed E-state index contributed by atoms with van der Waals surface area (Å²) in [7, 11) is 1.70. The summed E-state index contributed by atoms with van der Waals surface area (Å²) in [6.07, 6.45) is 3.57. The van der Waals surface area contributed by atoms with E-state index < -0.39 is 0 Å². The molecule has 1 rings (SSSR count). The topological polar surface area (TPSA) is 46.2 Å². The highest BCUT2D eigenvalue weighted by Crippen LogP contribution is 2.12. The monoisotopic (exact) mass is 273 g/mol. The van der Waals surface area contributed by atoms with Crippen molar-refractivity contribution in [2.24, 2.45) is 0 Å². The number of ether oxygens (including phenoxy) is 1. The molecule has 15 heavy (non-hydrogen) atoms. The number of methoxy groups -OCH3 is 1. The Balaban J connectivity index is 2.10. The van der Waals surface area contributed by atoms with Gasteiger partial charge in [0.25, 0.3) is 0 Å². The van der Waals surface area contributed by atoms with Gasteiger partial charge < -0.3 is 15.4 Å². The SMILES string of the molecule is COCCNCCNc1cncc(Br)c1. The molecule has 0 aliphatic rings. The van der Waals surface area contributed by atoms with Gasteiger partial charge in [0.1, 0.15) is 0 Å². The first-order chi connectivity index (χ1) is 7.33. The van der Waals surface area contributed by atoms with E-state index in [4.69, 9.17) is 4.74 Å². The van der Waals surface area contributed by atoms with Crippen molar-refractivity contribution < 1.29 is 4.74 Å². The third-order valence-electron chi connectivity index (χ3n) is 1.82. The number of nitrogens with zero attached hydrogens (tertiary/aromatic N) is 1. The molecule has 0 fully saturated rings. The van der Waals surface area contributed by atoms with Gasteiger partial charge in [-0.3, -0.25) is 4.98 Å². The first-order valence-corrected chi connectivity index (χ1v) is 5.66. The molecular formula is C10H16BrN3O. The molecule has 0 bridgehead atoms. The van der Waals surface area contributed by atoms with Crippen LogP contribution in [0, 0.1) is 0 Å². The summed E-state index contributed by atoms with van der Waals surface area (Å²) in [5, 5.41) is 6.52. The fourth-order valence-corrected chi connectivity index (χ4v) is 1.47. The number of rotatable bonds is 7. The second-order valence-electron chi connectivity index (χ2n) is 3.06. The van der Waals surface area contributed by atoms with Crippen molar-refractivity contribution in [3.63, 3.8) is 0 Å². The highest BCUT2D eigenvalue weighted by Gasteiger charge is 1.93. The molecule has 0 amide bonds. The van der Waals surface area contributed by atoms with Crippen LogP contribution in [0.1, 0.15) is 0 Å². The van der Waals surface area contributed by atoms with Crippen molar-refractivity contribution in [2.75, 3.05) is 38.7 Å². The highest BCUT2D eigenvalue weighted by atomic mass is 79.9. The lowest BCUT2D eigenvalue weighted by Crippen LogP contribution is -2.25. The molecule has 4 nitrogen and oxygen atoms in total. The van der Waals surface area contributed by atoms with Crippen molar-refractivity contribution in [1.29, 1.82) is 0 Å². The summed E-state index contributed by atoms with van der Waals surface area (Å²) in [6, 6.07) is 2.00. The lowest BCUT2D eigenvalue weighted by atomic mass is 10.4. The molecule has 0 atom stereocenters. The molecule has 0 saturated carbocycles. The largest absolute Gasteiger partial charge is 0.383 e. The summed E-state index contributed by atoms with van der Waals surface area (Å²) in [5.41, 5.74) is 1.03. The minimum atomic E-state index is 0.748. The lowest BCUT2D eigenvalue weighted by Gasteiger charge is -2.07. The Kier molecular flexibility index (Phi) is 6.31. The standard InChI is InChI=1S/C10H16BrN3O/c1-15-5-4-12-2-3-14-10-6-9(11)7-13-8-10/h6-8,12,14H,2-5H2,1H3. The first kappa shape index (κ1) is 12.4. The molecule has 84 valence electrons. The van der Waals surface area contributed by atoms with Crippen molar-refractivity contribution in [3.05, 3.63) is 22.9 Å². The Morgan fingerprint density at radius 3 is 2.93 bits per heavy atom. The molecule has 2 N–H and O–H groups in total. The molecule has 0 saturated heterocycles. The number of nitrogens with one attached hydrogen (secondary N) is 2. The maximum Gasteiger partial charge on any atom is 0.0587 e. The second-order valence-corrected chi connectivity index (χ2v) is 3.98. The van der Waals surface area contributed by atoms with Gasteiger partial charge in [0.15, 0.2) is 0 Å². The quantitative estimate of drug-likeness (QED) is 0.740. The van der Waals surface area contributed by atoms with Gasteiger partial charge in [-0.2, -0.15) is 0 Å². The number of pyridine rings is 1. The summed E-state index contributed by atoms with van der Waals surface area (Å²) in [6.45, 7) is 3.42. The van der Waals surface area contributed by atoms with Crippen LogP contribution >= 0.6 is 15.9 Å². The van der Waals surface area contributed by atoms with Crippen LogP contribution in [-0.2, 0) is 4.74 Å². The molecule has 5 heteroatoms. The molecule has 0 unspecified atom stereocenters. The third-order valence-corrected chi connectivity index (χ3v) is 2.25. The van der Waals surface area contributed by atoms with E-state index in [1.54, 1.807) is 19.5 Å². The van der Waals surface area contributed by atoms with Crippen LogP contribution in [0.25, 0.3) is 0 Å². The van der Waals surface area contributed by atoms with Gasteiger partial charge in [-0.1, -0.05) is 0 Å². The Bertz CT molecular complexity index is 283. The number of aromatic nitrogens is 1. The molecule has 0 aliphatic carbocycles. The number of hydrogen-bond donors (Lipinski definition) is 2. The van der Waals surface area contributed by atoms with Crippen LogP contribution in [0.5, 0.6) is 0 Å². The van der Waals surface area contributed by atoms with Gasteiger partial charge in [-0.25, -0.2) is 0 Å². The third kappa shape index (κ3) is 5.71. The number of halogens is 1. The molecule has 0 spiro atoms. The molecular weight excluding hydrogens is 258 g/mol. The van der Waals surface area contributed by atoms with Crippen LogP contribution in [0.3, 0.4) is 0 Å². The van der Waals surface area contributed by atoms with E-state index in [0.29, 0.717) is 0 Å². The van der Waals surface area contributed by atoms with E-state index in [2.05, 4.69) is 31.5 Å². The predicted octanol–water partition coefficient (Wildman–Crippen LogP) is 1.49. The Morgan fingerprint density at radius 1 is 1.33 bits per heavy atom. The number of anilines is 1. The fourth-order valence-electron chi connectivity index (χ4n) is 1.10. The van der Waals surface area contributed by atoms with Gasteiger partial charge in [-0.05, 0) is 22.0 Å². The smallest absolute Gasteiger partial charge is 0.0587 e. The van der Waals surface area contributed by atoms with Gasteiger partial charge in [0.05, 0.1) is 18.5 Å². The van der Waals surface area contributed by atoms with Gasteiger partial charge in [0, 0.05) is 37.4 Å². The minimum Gasteiger partial charge on any atom is -0.383 e. The normalized spacial score (nSPS) is 10.3. The minimum absolute atomic E-state index is 0.748. The summed E-state index contributed by atoms with van der Waals surface area (Å²) >= 11 is 3.37. The van der Waals surface area contributed by atoms with Crippen molar-refractivity contribution >= 4 is 21.6 Å². The molecule has 1 aromatic heterocycles. The first-order valence-electron chi connectivity index (χ1n) is 4.87. The van der Waals surface area contributed by atoms with E-state index in [0.717, 1.165) is 36.4 Å².